The molecule has 20 heavy (non-hydrogen) atoms. The van der Waals surface area contributed by atoms with Crippen LogP contribution in [0.25, 0.3) is 0 Å². The molecule has 0 saturated heterocycles. The minimum absolute atomic E-state index is 0.192. The highest BCUT2D eigenvalue weighted by Crippen LogP contribution is 2.14. The van der Waals surface area contributed by atoms with E-state index in [9.17, 15) is 4.79 Å². The number of carbonyl (C=O) groups is 1. The van der Waals surface area contributed by atoms with Gasteiger partial charge >= 0.3 is 0 Å². The zero-order valence-electron chi connectivity index (χ0n) is 11.7. The van der Waals surface area contributed by atoms with Crippen LogP contribution in [0.4, 0.5) is 11.5 Å². The third-order valence-electron chi connectivity index (χ3n) is 2.76. The highest BCUT2D eigenvalue weighted by molar-refractivity contribution is 6.07. The molecule has 2 rings (SSSR count). The lowest BCUT2D eigenvalue weighted by Gasteiger charge is -2.10. The summed E-state index contributed by atoms with van der Waals surface area (Å²) in [6, 6.07) is 7.19. The maximum absolute atomic E-state index is 12.3. The first kappa shape index (κ1) is 14.0. The molecule has 104 valence electrons. The zero-order valence-corrected chi connectivity index (χ0v) is 11.7. The number of aryl methyl sites for hydroxylation is 1. The van der Waals surface area contributed by atoms with Gasteiger partial charge < -0.3 is 10.6 Å². The summed E-state index contributed by atoms with van der Waals surface area (Å²) < 4.78 is 0. The molecular formula is C15H18N4O. The van der Waals surface area contributed by atoms with Crippen molar-refractivity contribution in [3.63, 3.8) is 0 Å². The molecule has 0 aliphatic carbocycles. The fourth-order valence-corrected chi connectivity index (χ4v) is 1.71. The van der Waals surface area contributed by atoms with E-state index in [1.807, 2.05) is 19.1 Å². The van der Waals surface area contributed by atoms with E-state index in [1.54, 1.807) is 24.5 Å². The molecule has 0 bridgehead atoms. The van der Waals surface area contributed by atoms with Crippen molar-refractivity contribution in [1.29, 1.82) is 0 Å². The summed E-state index contributed by atoms with van der Waals surface area (Å²) in [6.45, 7) is 4.75. The van der Waals surface area contributed by atoms with Gasteiger partial charge in [0.2, 0.25) is 0 Å². The van der Waals surface area contributed by atoms with Crippen LogP contribution >= 0.6 is 0 Å². The second-order valence-corrected chi connectivity index (χ2v) is 4.47. The average molecular weight is 270 g/mol. The van der Waals surface area contributed by atoms with Crippen LogP contribution in [-0.4, -0.2) is 22.4 Å². The summed E-state index contributed by atoms with van der Waals surface area (Å²) in [5.41, 5.74) is 2.11. The lowest BCUT2D eigenvalue weighted by molar-refractivity contribution is 0.102. The number of rotatable bonds is 5. The summed E-state index contributed by atoms with van der Waals surface area (Å²) in [4.78, 5) is 20.6. The standard InChI is InChI=1S/C15H18N4O/c1-3-8-16-14-13(5-4-9-17-14)15(20)19-12-7-6-11(2)18-10-12/h4-7,9-10H,3,8H2,1-2H3,(H,16,17)(H,19,20). The van der Waals surface area contributed by atoms with E-state index in [-0.39, 0.29) is 5.91 Å². The van der Waals surface area contributed by atoms with E-state index in [2.05, 4.69) is 27.5 Å². The van der Waals surface area contributed by atoms with Crippen LogP contribution in [0.2, 0.25) is 0 Å². The Morgan fingerprint density at radius 3 is 2.80 bits per heavy atom. The van der Waals surface area contributed by atoms with Crippen LogP contribution in [0.15, 0.2) is 36.7 Å². The van der Waals surface area contributed by atoms with Crippen molar-refractivity contribution >= 4 is 17.4 Å². The second-order valence-electron chi connectivity index (χ2n) is 4.47. The number of hydrogen-bond donors (Lipinski definition) is 2. The monoisotopic (exact) mass is 270 g/mol. The Labute approximate surface area is 118 Å². The number of anilines is 2. The molecule has 0 aliphatic rings. The summed E-state index contributed by atoms with van der Waals surface area (Å²) in [5.74, 6) is 0.411. The van der Waals surface area contributed by atoms with Gasteiger partial charge in [-0.15, -0.1) is 0 Å². The Kier molecular flexibility index (Phi) is 4.65. The molecule has 0 aromatic carbocycles. The lowest BCUT2D eigenvalue weighted by atomic mass is 10.2. The fraction of sp³-hybridized carbons (Fsp3) is 0.267. The Balaban J connectivity index is 2.14. The first-order valence-corrected chi connectivity index (χ1v) is 6.63. The van der Waals surface area contributed by atoms with Crippen molar-refractivity contribution in [2.24, 2.45) is 0 Å². The summed E-state index contributed by atoms with van der Waals surface area (Å²) in [7, 11) is 0. The highest BCUT2D eigenvalue weighted by atomic mass is 16.1. The van der Waals surface area contributed by atoms with Gasteiger partial charge in [-0.3, -0.25) is 9.78 Å². The molecule has 2 aromatic heterocycles. The molecular weight excluding hydrogens is 252 g/mol. The van der Waals surface area contributed by atoms with Crippen LogP contribution in [0.5, 0.6) is 0 Å². The Morgan fingerprint density at radius 2 is 2.10 bits per heavy atom. The van der Waals surface area contributed by atoms with Crippen molar-refractivity contribution in [2.45, 2.75) is 20.3 Å². The van der Waals surface area contributed by atoms with E-state index in [4.69, 9.17) is 0 Å². The molecule has 0 radical (unpaired) electrons. The molecule has 0 unspecified atom stereocenters. The number of hydrogen-bond acceptors (Lipinski definition) is 4. The first-order valence-electron chi connectivity index (χ1n) is 6.63. The van der Waals surface area contributed by atoms with Crippen molar-refractivity contribution in [1.82, 2.24) is 9.97 Å². The molecule has 0 fully saturated rings. The Hall–Kier alpha value is -2.43. The molecule has 5 nitrogen and oxygen atoms in total. The fourth-order valence-electron chi connectivity index (χ4n) is 1.71. The maximum Gasteiger partial charge on any atom is 0.259 e. The summed E-state index contributed by atoms with van der Waals surface area (Å²) in [5, 5.41) is 5.97. The highest BCUT2D eigenvalue weighted by Gasteiger charge is 2.12. The van der Waals surface area contributed by atoms with Crippen molar-refractivity contribution < 1.29 is 4.79 Å². The van der Waals surface area contributed by atoms with E-state index < -0.39 is 0 Å². The molecule has 2 heterocycles. The Morgan fingerprint density at radius 1 is 1.25 bits per heavy atom. The molecule has 0 spiro atoms. The zero-order chi connectivity index (χ0) is 14.4. The predicted octanol–water partition coefficient (Wildman–Crippen LogP) is 2.86. The minimum Gasteiger partial charge on any atom is -0.369 e. The quantitative estimate of drug-likeness (QED) is 0.876. The van der Waals surface area contributed by atoms with Crippen LogP contribution in [-0.2, 0) is 0 Å². The van der Waals surface area contributed by atoms with Gasteiger partial charge in [0.15, 0.2) is 0 Å². The Bertz CT molecular complexity index is 581. The molecule has 0 aliphatic heterocycles. The minimum atomic E-state index is -0.192. The average Bonchev–Trinajstić information content (AvgIpc) is 2.47. The normalized spacial score (nSPS) is 10.1. The summed E-state index contributed by atoms with van der Waals surface area (Å²) in [6.07, 6.45) is 4.28. The van der Waals surface area contributed by atoms with E-state index in [0.29, 0.717) is 17.1 Å². The van der Waals surface area contributed by atoms with Gasteiger partial charge in [0.25, 0.3) is 5.91 Å². The van der Waals surface area contributed by atoms with Crippen LogP contribution < -0.4 is 10.6 Å². The molecule has 2 N–H and O–H groups in total. The molecule has 1 amide bonds. The number of aromatic nitrogens is 2. The predicted molar refractivity (Wildman–Crippen MR) is 79.9 cm³/mol. The maximum atomic E-state index is 12.3. The number of nitrogens with one attached hydrogen (secondary N) is 2. The van der Waals surface area contributed by atoms with E-state index >= 15 is 0 Å². The smallest absolute Gasteiger partial charge is 0.259 e. The topological polar surface area (TPSA) is 66.9 Å². The van der Waals surface area contributed by atoms with Crippen LogP contribution in [0, 0.1) is 6.92 Å². The SMILES string of the molecule is CCCNc1ncccc1C(=O)Nc1ccc(C)nc1. The van der Waals surface area contributed by atoms with Crippen LogP contribution in [0.1, 0.15) is 29.4 Å². The third-order valence-corrected chi connectivity index (χ3v) is 2.76. The van der Waals surface area contributed by atoms with Gasteiger partial charge in [0.05, 0.1) is 17.4 Å². The van der Waals surface area contributed by atoms with E-state index in [1.165, 1.54) is 0 Å². The number of nitrogens with zero attached hydrogens (tertiary/aromatic N) is 2. The molecule has 2 aromatic rings. The van der Waals surface area contributed by atoms with Gasteiger partial charge in [-0.25, -0.2) is 4.98 Å². The first-order chi connectivity index (χ1) is 9.70. The van der Waals surface area contributed by atoms with Crippen molar-refractivity contribution in [2.75, 3.05) is 17.2 Å². The van der Waals surface area contributed by atoms with Gasteiger partial charge in [0, 0.05) is 18.4 Å². The summed E-state index contributed by atoms with van der Waals surface area (Å²) >= 11 is 0. The number of carbonyl (C=O) groups excluding carboxylic acids is 1. The molecule has 0 atom stereocenters. The largest absolute Gasteiger partial charge is 0.369 e. The van der Waals surface area contributed by atoms with Crippen molar-refractivity contribution in [3.8, 4) is 0 Å². The van der Waals surface area contributed by atoms with Crippen molar-refractivity contribution in [3.05, 3.63) is 47.9 Å². The number of pyridine rings is 2. The van der Waals surface area contributed by atoms with Gasteiger partial charge in [-0.2, -0.15) is 0 Å². The lowest BCUT2D eigenvalue weighted by Crippen LogP contribution is -2.16. The van der Waals surface area contributed by atoms with Gasteiger partial charge in [0.1, 0.15) is 5.82 Å². The third kappa shape index (κ3) is 3.54. The van der Waals surface area contributed by atoms with Crippen LogP contribution in [0.3, 0.4) is 0 Å². The molecule has 5 heteroatoms. The second kappa shape index (κ2) is 6.65. The number of amides is 1. The molecule has 0 saturated carbocycles. The van der Waals surface area contributed by atoms with Gasteiger partial charge in [-0.05, 0) is 37.6 Å². The van der Waals surface area contributed by atoms with E-state index in [0.717, 1.165) is 18.7 Å². The van der Waals surface area contributed by atoms with Gasteiger partial charge in [-0.1, -0.05) is 6.92 Å².